The fourth-order valence-corrected chi connectivity index (χ4v) is 3.60. The third kappa shape index (κ3) is 4.30. The summed E-state index contributed by atoms with van der Waals surface area (Å²) in [5.41, 5.74) is 3.66. The van der Waals surface area contributed by atoms with Crippen LogP contribution in [0.4, 0.5) is 0 Å². The highest BCUT2D eigenvalue weighted by Crippen LogP contribution is 2.27. The molecule has 3 aromatic rings. The van der Waals surface area contributed by atoms with Crippen LogP contribution in [0.1, 0.15) is 35.3 Å². The van der Waals surface area contributed by atoms with Crippen LogP contribution in [0.2, 0.25) is 0 Å². The summed E-state index contributed by atoms with van der Waals surface area (Å²) in [6, 6.07) is 11.8. The minimum atomic E-state index is -0.104. The standard InChI is InChI=1S/C16H14IN3OS.C2H6/c1-11-10-20(22-17)15-14(11)7-13(9-18-15)16(21)19-8-12-5-3-2-4-6-12;1-2/h2-7,9-10H,8H2,1H3,(H,19,21);1-2H3. The Morgan fingerprint density at radius 2 is 2.00 bits per heavy atom. The SMILES string of the molecule is CC.Cc1cn(SI)c2ncc(C(=O)NCc3ccccc3)cc12. The summed E-state index contributed by atoms with van der Waals surface area (Å²) in [7, 11) is 1.56. The first-order valence-corrected chi connectivity index (χ1v) is 11.1. The van der Waals surface area contributed by atoms with Crippen molar-refractivity contribution in [2.24, 2.45) is 0 Å². The van der Waals surface area contributed by atoms with E-state index in [-0.39, 0.29) is 5.91 Å². The average Bonchev–Trinajstić information content (AvgIpc) is 2.97. The topological polar surface area (TPSA) is 46.9 Å². The van der Waals surface area contributed by atoms with Gasteiger partial charge in [-0.05, 0) is 24.1 Å². The first-order valence-electron chi connectivity index (χ1n) is 7.78. The van der Waals surface area contributed by atoms with Gasteiger partial charge >= 0.3 is 0 Å². The zero-order valence-electron chi connectivity index (χ0n) is 13.9. The van der Waals surface area contributed by atoms with Crippen LogP contribution >= 0.6 is 30.3 Å². The number of hydrogen-bond acceptors (Lipinski definition) is 3. The Balaban J connectivity index is 0.00000100. The first-order chi connectivity index (χ1) is 11.7. The number of halogens is 1. The quantitative estimate of drug-likeness (QED) is 0.556. The normalized spacial score (nSPS) is 10.2. The van der Waals surface area contributed by atoms with E-state index < -0.39 is 0 Å². The van der Waals surface area contributed by atoms with Crippen molar-refractivity contribution < 1.29 is 4.79 Å². The second-order valence-corrected chi connectivity index (χ2v) is 6.68. The third-order valence-electron chi connectivity index (χ3n) is 3.44. The number of aryl methyl sites for hydroxylation is 1. The molecule has 6 heteroatoms. The molecule has 1 N–H and O–H groups in total. The molecular formula is C18H20IN3OS. The van der Waals surface area contributed by atoms with Crippen molar-refractivity contribution in [2.45, 2.75) is 27.3 Å². The number of pyridine rings is 1. The largest absolute Gasteiger partial charge is 0.348 e. The molecule has 4 nitrogen and oxygen atoms in total. The molecule has 0 radical (unpaired) electrons. The number of hydrogen-bond donors (Lipinski definition) is 1. The van der Waals surface area contributed by atoms with Crippen molar-refractivity contribution in [3.63, 3.8) is 0 Å². The van der Waals surface area contributed by atoms with E-state index in [0.717, 1.165) is 22.2 Å². The van der Waals surface area contributed by atoms with E-state index in [1.807, 2.05) is 67.3 Å². The Labute approximate surface area is 158 Å². The molecule has 0 aliphatic heterocycles. The molecular weight excluding hydrogens is 433 g/mol. The number of carbonyl (C=O) groups excluding carboxylic acids is 1. The lowest BCUT2D eigenvalue weighted by Crippen LogP contribution is -2.22. The number of rotatable bonds is 4. The molecule has 0 aliphatic rings. The summed E-state index contributed by atoms with van der Waals surface area (Å²) in [6.45, 7) is 6.54. The molecule has 3 rings (SSSR count). The van der Waals surface area contributed by atoms with Gasteiger partial charge in [0.25, 0.3) is 5.91 Å². The molecule has 126 valence electrons. The molecule has 0 atom stereocenters. The van der Waals surface area contributed by atoms with E-state index in [0.29, 0.717) is 12.1 Å². The number of amides is 1. The number of nitrogens with one attached hydrogen (secondary N) is 1. The van der Waals surface area contributed by atoms with E-state index in [1.54, 1.807) is 15.3 Å². The average molecular weight is 453 g/mol. The molecule has 2 heterocycles. The lowest BCUT2D eigenvalue weighted by molar-refractivity contribution is 0.0950. The summed E-state index contributed by atoms with van der Waals surface area (Å²) >= 11 is 2.22. The predicted octanol–water partition coefficient (Wildman–Crippen LogP) is 5.15. The van der Waals surface area contributed by atoms with Crippen molar-refractivity contribution in [3.05, 3.63) is 65.5 Å². The van der Waals surface area contributed by atoms with Crippen LogP contribution in [0.15, 0.2) is 48.8 Å². The van der Waals surface area contributed by atoms with Crippen LogP contribution in [0.5, 0.6) is 0 Å². The molecule has 1 aromatic carbocycles. The fraction of sp³-hybridized carbons (Fsp3) is 0.222. The lowest BCUT2D eigenvalue weighted by Gasteiger charge is -2.06. The number of carbonyl (C=O) groups is 1. The van der Waals surface area contributed by atoms with Gasteiger partial charge in [0.1, 0.15) is 0 Å². The van der Waals surface area contributed by atoms with E-state index in [2.05, 4.69) is 31.5 Å². The van der Waals surface area contributed by atoms with E-state index >= 15 is 0 Å². The first kappa shape index (κ1) is 18.8. The highest BCUT2D eigenvalue weighted by molar-refractivity contribution is 14.2. The Bertz CT molecular complexity index is 818. The monoisotopic (exact) mass is 453 g/mol. The van der Waals surface area contributed by atoms with Crippen LogP contribution in [0, 0.1) is 6.92 Å². The summed E-state index contributed by atoms with van der Waals surface area (Å²) in [5, 5.41) is 3.94. The molecule has 0 saturated carbocycles. The maximum Gasteiger partial charge on any atom is 0.253 e. The van der Waals surface area contributed by atoms with Crippen molar-refractivity contribution in [1.29, 1.82) is 0 Å². The Morgan fingerprint density at radius 3 is 2.67 bits per heavy atom. The van der Waals surface area contributed by atoms with Gasteiger partial charge in [-0.2, -0.15) is 0 Å². The fourth-order valence-electron chi connectivity index (χ4n) is 2.29. The molecule has 2 aromatic heterocycles. The maximum absolute atomic E-state index is 12.3. The van der Waals surface area contributed by atoms with E-state index in [4.69, 9.17) is 0 Å². The predicted molar refractivity (Wildman–Crippen MR) is 110 cm³/mol. The minimum absolute atomic E-state index is 0.104. The van der Waals surface area contributed by atoms with Gasteiger partial charge in [-0.25, -0.2) is 4.98 Å². The minimum Gasteiger partial charge on any atom is -0.348 e. The van der Waals surface area contributed by atoms with Crippen LogP contribution in [-0.4, -0.2) is 14.9 Å². The van der Waals surface area contributed by atoms with Gasteiger partial charge in [-0.1, -0.05) is 44.2 Å². The number of fused-ring (bicyclic) bond motifs is 1. The number of nitrogens with zero attached hydrogens (tertiary/aromatic N) is 2. The summed E-state index contributed by atoms with van der Waals surface area (Å²) in [6.07, 6.45) is 3.66. The molecule has 0 saturated heterocycles. The smallest absolute Gasteiger partial charge is 0.253 e. The maximum atomic E-state index is 12.3. The van der Waals surface area contributed by atoms with Gasteiger partial charge in [0.15, 0.2) is 5.65 Å². The van der Waals surface area contributed by atoms with Crippen molar-refractivity contribution in [2.75, 3.05) is 0 Å². The molecule has 24 heavy (non-hydrogen) atoms. The molecule has 0 fully saturated rings. The Hall–Kier alpha value is -1.54. The molecule has 0 unspecified atom stereocenters. The highest BCUT2D eigenvalue weighted by atomic mass is 127. The number of aromatic nitrogens is 2. The van der Waals surface area contributed by atoms with Crippen molar-refractivity contribution in [3.8, 4) is 0 Å². The summed E-state index contributed by atoms with van der Waals surface area (Å²) in [4.78, 5) is 16.7. The molecule has 0 aliphatic carbocycles. The Morgan fingerprint density at radius 1 is 1.29 bits per heavy atom. The second-order valence-electron chi connectivity index (χ2n) is 4.97. The van der Waals surface area contributed by atoms with E-state index in [9.17, 15) is 4.79 Å². The van der Waals surface area contributed by atoms with Crippen LogP contribution in [0.25, 0.3) is 11.0 Å². The summed E-state index contributed by atoms with van der Waals surface area (Å²) < 4.78 is 2.00. The second kappa shape index (κ2) is 9.08. The molecule has 0 spiro atoms. The van der Waals surface area contributed by atoms with Gasteiger partial charge in [0.05, 0.1) is 5.56 Å². The Kier molecular flexibility index (Phi) is 7.11. The lowest BCUT2D eigenvalue weighted by atomic mass is 10.1. The van der Waals surface area contributed by atoms with Gasteiger partial charge in [0.2, 0.25) is 0 Å². The van der Waals surface area contributed by atoms with E-state index in [1.165, 1.54) is 0 Å². The van der Waals surface area contributed by atoms with Crippen LogP contribution in [-0.2, 0) is 6.54 Å². The number of benzene rings is 1. The van der Waals surface area contributed by atoms with Gasteiger partial charge in [0, 0.05) is 54.6 Å². The third-order valence-corrected chi connectivity index (χ3v) is 5.14. The van der Waals surface area contributed by atoms with Gasteiger partial charge in [-0.3, -0.25) is 8.77 Å². The van der Waals surface area contributed by atoms with Crippen LogP contribution in [0.3, 0.4) is 0 Å². The van der Waals surface area contributed by atoms with Crippen molar-refractivity contribution >= 4 is 47.3 Å². The zero-order chi connectivity index (χ0) is 17.5. The zero-order valence-corrected chi connectivity index (χ0v) is 16.9. The van der Waals surface area contributed by atoms with Gasteiger partial charge < -0.3 is 5.32 Å². The highest BCUT2D eigenvalue weighted by Gasteiger charge is 2.11. The van der Waals surface area contributed by atoms with Crippen LogP contribution < -0.4 is 5.32 Å². The molecule has 1 amide bonds. The molecule has 0 bridgehead atoms. The van der Waals surface area contributed by atoms with Gasteiger partial charge in [-0.15, -0.1) is 0 Å². The summed E-state index contributed by atoms with van der Waals surface area (Å²) in [5.74, 6) is -0.104. The van der Waals surface area contributed by atoms with Crippen molar-refractivity contribution in [1.82, 2.24) is 14.3 Å².